The minimum absolute atomic E-state index is 0.269. The Labute approximate surface area is 51.8 Å². The van der Waals surface area contributed by atoms with Crippen LogP contribution < -0.4 is 0 Å². The molecule has 0 aromatic carbocycles. The number of hydrogen-bond acceptors (Lipinski definition) is 0. The molecule has 0 spiro atoms. The Morgan fingerprint density at radius 1 is 1.29 bits per heavy atom. The van der Waals surface area contributed by atoms with Crippen LogP contribution in [0.4, 0.5) is 0 Å². The van der Waals surface area contributed by atoms with E-state index in [1.165, 1.54) is 0 Å². The predicted octanol–water partition coefficient (Wildman–Crippen LogP) is 3.05. The van der Waals surface area contributed by atoms with E-state index in [0.29, 0.717) is 5.16 Å². The Hall–Kier alpha value is 0.720. The van der Waals surface area contributed by atoms with Crippen LogP contribution in [0.3, 0.4) is 0 Å². The molecule has 0 fully saturated rings. The monoisotopic (exact) mass is 138 g/mol. The average molecular weight is 139 g/mol. The third-order valence-corrected chi connectivity index (χ3v) is 4.29. The first kappa shape index (κ1) is 7.72. The van der Waals surface area contributed by atoms with Gasteiger partial charge in [0.25, 0.3) is 0 Å². The molecule has 0 amide bonds. The summed E-state index contributed by atoms with van der Waals surface area (Å²) in [6.07, 6.45) is 0. The minimum atomic E-state index is -0.269. The zero-order chi connectivity index (χ0) is 6.08. The maximum absolute atomic E-state index is 5.82. The standard InChI is InChI=1S/C5H12ClP/c1-5(2,3)7(4)6/h1-4H3. The van der Waals surface area contributed by atoms with Gasteiger partial charge in [-0.3, -0.25) is 0 Å². The van der Waals surface area contributed by atoms with Crippen LogP contribution in [0.25, 0.3) is 0 Å². The second kappa shape index (κ2) is 2.33. The van der Waals surface area contributed by atoms with Crippen LogP contribution in [0.5, 0.6) is 0 Å². The smallest absolute Gasteiger partial charge is 0.00435 e. The average Bonchev–Trinajstić information content (AvgIpc) is 1.31. The van der Waals surface area contributed by atoms with Gasteiger partial charge in [0.05, 0.1) is 0 Å². The lowest BCUT2D eigenvalue weighted by atomic mass is 10.3. The van der Waals surface area contributed by atoms with Gasteiger partial charge >= 0.3 is 0 Å². The van der Waals surface area contributed by atoms with Gasteiger partial charge in [0.15, 0.2) is 0 Å². The van der Waals surface area contributed by atoms with Crippen molar-refractivity contribution in [2.24, 2.45) is 0 Å². The second-order valence-electron chi connectivity index (χ2n) is 2.65. The molecule has 2 heteroatoms. The molecule has 0 heterocycles. The fourth-order valence-corrected chi connectivity index (χ4v) is 0. The fraction of sp³-hybridized carbons (Fsp3) is 1.00. The molecule has 0 saturated carbocycles. The van der Waals surface area contributed by atoms with Gasteiger partial charge in [-0.25, -0.2) is 0 Å². The molecule has 0 aliphatic heterocycles. The molecule has 0 radical (unpaired) electrons. The summed E-state index contributed by atoms with van der Waals surface area (Å²) >= 11 is 5.82. The number of hydrogen-bond donors (Lipinski definition) is 0. The normalized spacial score (nSPS) is 16.7. The first-order valence-corrected chi connectivity index (χ1v) is 5.03. The van der Waals surface area contributed by atoms with E-state index < -0.39 is 0 Å². The predicted molar refractivity (Wildman–Crippen MR) is 38.5 cm³/mol. The van der Waals surface area contributed by atoms with E-state index in [2.05, 4.69) is 27.4 Å². The molecule has 0 aromatic rings. The summed E-state index contributed by atoms with van der Waals surface area (Å²) < 4.78 is 0. The SMILES string of the molecule is CP(Cl)C(C)(C)C. The molecule has 1 unspecified atom stereocenters. The van der Waals surface area contributed by atoms with E-state index in [-0.39, 0.29) is 7.27 Å². The topological polar surface area (TPSA) is 0 Å². The van der Waals surface area contributed by atoms with Crippen molar-refractivity contribution >= 4 is 18.5 Å². The summed E-state index contributed by atoms with van der Waals surface area (Å²) in [5.41, 5.74) is 0. The lowest BCUT2D eigenvalue weighted by Crippen LogP contribution is -2.06. The van der Waals surface area contributed by atoms with E-state index in [0.717, 1.165) is 0 Å². The molecule has 0 rings (SSSR count). The molecule has 0 saturated heterocycles. The Bertz CT molecular complexity index is 53.6. The summed E-state index contributed by atoms with van der Waals surface area (Å²) in [4.78, 5) is 0. The highest BCUT2D eigenvalue weighted by Crippen LogP contribution is 2.49. The lowest BCUT2D eigenvalue weighted by molar-refractivity contribution is 0.794. The molecule has 1 atom stereocenters. The highest BCUT2D eigenvalue weighted by atomic mass is 35.7. The van der Waals surface area contributed by atoms with Gasteiger partial charge in [0, 0.05) is 0 Å². The van der Waals surface area contributed by atoms with E-state index >= 15 is 0 Å². The van der Waals surface area contributed by atoms with Gasteiger partial charge in [-0.05, 0) is 19.1 Å². The highest BCUT2D eigenvalue weighted by Gasteiger charge is 2.15. The molecule has 0 nitrogen and oxygen atoms in total. The van der Waals surface area contributed by atoms with Crippen LogP contribution >= 0.6 is 18.5 Å². The van der Waals surface area contributed by atoms with Crippen molar-refractivity contribution in [3.8, 4) is 0 Å². The largest absolute Gasteiger partial charge is 0.0962 e. The summed E-state index contributed by atoms with van der Waals surface area (Å²) in [5, 5.41) is 0.330. The van der Waals surface area contributed by atoms with Crippen molar-refractivity contribution in [1.82, 2.24) is 0 Å². The zero-order valence-electron chi connectivity index (χ0n) is 5.33. The van der Waals surface area contributed by atoms with Crippen LogP contribution in [0.2, 0.25) is 0 Å². The first-order valence-electron chi connectivity index (χ1n) is 2.34. The second-order valence-corrected chi connectivity index (χ2v) is 6.47. The zero-order valence-corrected chi connectivity index (χ0v) is 6.98. The quantitative estimate of drug-likeness (QED) is 0.452. The molecular weight excluding hydrogens is 126 g/mol. The van der Waals surface area contributed by atoms with Crippen molar-refractivity contribution in [3.05, 3.63) is 0 Å². The molecule has 0 N–H and O–H groups in total. The van der Waals surface area contributed by atoms with Gasteiger partial charge in [0.1, 0.15) is 0 Å². The van der Waals surface area contributed by atoms with Crippen molar-refractivity contribution in [3.63, 3.8) is 0 Å². The maximum atomic E-state index is 5.82. The van der Waals surface area contributed by atoms with Gasteiger partial charge in [-0.1, -0.05) is 32.0 Å². The molecule has 44 valence electrons. The lowest BCUT2D eigenvalue weighted by Gasteiger charge is -2.20. The molecule has 0 aliphatic carbocycles. The highest BCUT2D eigenvalue weighted by molar-refractivity contribution is 7.84. The van der Waals surface area contributed by atoms with Crippen LogP contribution in [0, 0.1) is 0 Å². The van der Waals surface area contributed by atoms with Gasteiger partial charge in [0.2, 0.25) is 0 Å². The van der Waals surface area contributed by atoms with Gasteiger partial charge < -0.3 is 0 Å². The molecule has 7 heavy (non-hydrogen) atoms. The Morgan fingerprint density at radius 3 is 1.43 bits per heavy atom. The third kappa shape index (κ3) is 3.32. The van der Waals surface area contributed by atoms with Crippen molar-refractivity contribution in [2.45, 2.75) is 25.9 Å². The number of rotatable bonds is 0. The van der Waals surface area contributed by atoms with Crippen LogP contribution in [-0.2, 0) is 0 Å². The summed E-state index contributed by atoms with van der Waals surface area (Å²) in [6, 6.07) is 0. The molecule has 0 bridgehead atoms. The molecule has 0 aliphatic rings. The van der Waals surface area contributed by atoms with E-state index in [1.807, 2.05) is 0 Å². The van der Waals surface area contributed by atoms with E-state index in [1.54, 1.807) is 0 Å². The Balaban J connectivity index is 3.54. The van der Waals surface area contributed by atoms with Crippen molar-refractivity contribution in [2.75, 3.05) is 6.66 Å². The van der Waals surface area contributed by atoms with Crippen LogP contribution in [0.1, 0.15) is 20.8 Å². The van der Waals surface area contributed by atoms with Gasteiger partial charge in [-0.2, -0.15) is 0 Å². The Kier molecular flexibility index (Phi) is 2.57. The fourth-order valence-electron chi connectivity index (χ4n) is 0. The van der Waals surface area contributed by atoms with Crippen LogP contribution in [0.15, 0.2) is 0 Å². The summed E-state index contributed by atoms with van der Waals surface area (Å²) in [6.45, 7) is 8.56. The minimum Gasteiger partial charge on any atom is -0.0962 e. The van der Waals surface area contributed by atoms with E-state index in [9.17, 15) is 0 Å². The van der Waals surface area contributed by atoms with Gasteiger partial charge in [-0.15, -0.1) is 0 Å². The molecule has 0 aromatic heterocycles. The summed E-state index contributed by atoms with van der Waals surface area (Å²) in [7, 11) is -0.269. The van der Waals surface area contributed by atoms with Crippen molar-refractivity contribution in [1.29, 1.82) is 0 Å². The number of halogens is 1. The molecular formula is C5H12ClP. The van der Waals surface area contributed by atoms with Crippen LogP contribution in [-0.4, -0.2) is 11.8 Å². The Morgan fingerprint density at radius 2 is 1.43 bits per heavy atom. The summed E-state index contributed by atoms with van der Waals surface area (Å²) in [5.74, 6) is 0. The maximum Gasteiger partial charge on any atom is -0.00435 e. The third-order valence-electron chi connectivity index (χ3n) is 0.924. The first-order chi connectivity index (χ1) is 2.94. The van der Waals surface area contributed by atoms with E-state index in [4.69, 9.17) is 11.2 Å². The van der Waals surface area contributed by atoms with Crippen molar-refractivity contribution < 1.29 is 0 Å².